The zero-order valence-corrected chi connectivity index (χ0v) is 16.9. The zero-order valence-electron chi connectivity index (χ0n) is 14.6. The molecule has 134 valence electrons. The van der Waals surface area contributed by atoms with E-state index in [0.717, 1.165) is 19.5 Å². The number of hydrogen-bond acceptors (Lipinski definition) is 3. The highest BCUT2D eigenvalue weighted by atomic mass is 127. The number of carbonyl (C=O) groups is 2. The van der Waals surface area contributed by atoms with Crippen LogP contribution in [0, 0.1) is 0 Å². The number of aliphatic imine (C=N–C) groups is 1. The molecule has 7 nitrogen and oxygen atoms in total. The molecule has 0 aromatic heterocycles. The Kier molecular flexibility index (Phi) is 10.9. The third-order valence-electron chi connectivity index (χ3n) is 3.62. The van der Waals surface area contributed by atoms with Crippen LogP contribution >= 0.6 is 24.0 Å². The molecular formula is C15H30IN5O2. The monoisotopic (exact) mass is 439 g/mol. The van der Waals surface area contributed by atoms with Crippen molar-refractivity contribution in [1.82, 2.24) is 20.4 Å². The number of hydrogen-bond donors (Lipinski definition) is 2. The first-order valence-electron chi connectivity index (χ1n) is 8.00. The van der Waals surface area contributed by atoms with Gasteiger partial charge >= 0.3 is 0 Å². The molecule has 2 amide bonds. The highest BCUT2D eigenvalue weighted by Gasteiger charge is 2.25. The second-order valence-corrected chi connectivity index (χ2v) is 5.62. The van der Waals surface area contributed by atoms with Crippen LogP contribution in [-0.2, 0) is 9.59 Å². The van der Waals surface area contributed by atoms with Crippen LogP contribution in [-0.4, -0.2) is 73.9 Å². The molecule has 0 saturated carbocycles. The fourth-order valence-corrected chi connectivity index (χ4v) is 2.33. The average Bonchev–Trinajstić information content (AvgIpc) is 2.94. The molecule has 0 spiro atoms. The minimum Gasteiger partial charge on any atom is -0.357 e. The van der Waals surface area contributed by atoms with Gasteiger partial charge in [0.1, 0.15) is 0 Å². The molecule has 8 heteroatoms. The van der Waals surface area contributed by atoms with Crippen molar-refractivity contribution >= 4 is 41.8 Å². The fraction of sp³-hybridized carbons (Fsp3) is 0.800. The quantitative estimate of drug-likeness (QED) is 0.362. The maximum absolute atomic E-state index is 11.7. The van der Waals surface area contributed by atoms with Crippen LogP contribution in [0.1, 0.15) is 33.1 Å². The van der Waals surface area contributed by atoms with Crippen LogP contribution in [0.15, 0.2) is 4.99 Å². The molecule has 1 aliphatic heterocycles. The molecule has 0 aromatic carbocycles. The van der Waals surface area contributed by atoms with Gasteiger partial charge in [-0.25, -0.2) is 0 Å². The summed E-state index contributed by atoms with van der Waals surface area (Å²) in [5.41, 5.74) is 0. The maximum Gasteiger partial charge on any atom is 0.223 e. The van der Waals surface area contributed by atoms with E-state index in [4.69, 9.17) is 0 Å². The summed E-state index contributed by atoms with van der Waals surface area (Å²) in [4.78, 5) is 31.1. The Balaban J connectivity index is 0.00000484. The number of amides is 2. The minimum atomic E-state index is 0. The van der Waals surface area contributed by atoms with E-state index >= 15 is 0 Å². The van der Waals surface area contributed by atoms with E-state index in [1.807, 2.05) is 18.7 Å². The van der Waals surface area contributed by atoms with Crippen LogP contribution in [0.2, 0.25) is 0 Å². The summed E-state index contributed by atoms with van der Waals surface area (Å²) in [6.45, 7) is 6.62. The Bertz CT molecular complexity index is 415. The standard InChI is InChI=1S/C15H29N5O2.HI/c1-5-13(21)20-10-8-12(11-20)18-15(16-6-2)17-9-7-14(22)19(3)4;/h12H,5-11H2,1-4H3,(H2,16,17,18);1H. The molecule has 0 aliphatic carbocycles. The Labute approximate surface area is 156 Å². The lowest BCUT2D eigenvalue weighted by atomic mass is 10.3. The summed E-state index contributed by atoms with van der Waals surface area (Å²) in [5, 5.41) is 6.53. The first-order chi connectivity index (χ1) is 10.5. The van der Waals surface area contributed by atoms with Crippen molar-refractivity contribution in [2.45, 2.75) is 39.2 Å². The van der Waals surface area contributed by atoms with E-state index in [-0.39, 0.29) is 41.8 Å². The van der Waals surface area contributed by atoms with Gasteiger partial charge in [0.15, 0.2) is 5.96 Å². The van der Waals surface area contributed by atoms with E-state index in [0.29, 0.717) is 31.9 Å². The van der Waals surface area contributed by atoms with Crippen molar-refractivity contribution in [2.75, 3.05) is 40.3 Å². The molecule has 1 rings (SSSR count). The van der Waals surface area contributed by atoms with Crippen molar-refractivity contribution in [2.24, 2.45) is 4.99 Å². The van der Waals surface area contributed by atoms with Crippen molar-refractivity contribution in [3.63, 3.8) is 0 Å². The van der Waals surface area contributed by atoms with Crippen LogP contribution in [0.25, 0.3) is 0 Å². The summed E-state index contributed by atoms with van der Waals surface area (Å²) >= 11 is 0. The Morgan fingerprint density at radius 3 is 2.57 bits per heavy atom. The number of likely N-dealkylation sites (tertiary alicyclic amines) is 1. The van der Waals surface area contributed by atoms with Crippen molar-refractivity contribution < 1.29 is 9.59 Å². The first kappa shape index (κ1) is 21.9. The second-order valence-electron chi connectivity index (χ2n) is 5.62. The zero-order chi connectivity index (χ0) is 16.5. The predicted molar refractivity (Wildman–Crippen MR) is 103 cm³/mol. The SMILES string of the molecule is CCNC(=NCCC(=O)N(C)C)NC1CCN(C(=O)CC)C1.I. The van der Waals surface area contributed by atoms with Crippen LogP contribution in [0.4, 0.5) is 0 Å². The van der Waals surface area contributed by atoms with Crippen molar-refractivity contribution in [3.05, 3.63) is 0 Å². The maximum atomic E-state index is 11.7. The van der Waals surface area contributed by atoms with E-state index in [1.54, 1.807) is 19.0 Å². The topological polar surface area (TPSA) is 77.0 Å². The predicted octanol–water partition coefficient (Wildman–Crippen LogP) is 0.649. The van der Waals surface area contributed by atoms with Gasteiger partial charge in [0.2, 0.25) is 11.8 Å². The van der Waals surface area contributed by atoms with Gasteiger partial charge in [-0.3, -0.25) is 14.6 Å². The Morgan fingerprint density at radius 1 is 1.30 bits per heavy atom. The van der Waals surface area contributed by atoms with Crippen LogP contribution < -0.4 is 10.6 Å². The number of nitrogens with zero attached hydrogens (tertiary/aromatic N) is 3. The van der Waals surface area contributed by atoms with Gasteiger partial charge < -0.3 is 20.4 Å². The second kappa shape index (κ2) is 11.5. The molecule has 1 saturated heterocycles. The molecule has 1 heterocycles. The Hall–Kier alpha value is -1.06. The third-order valence-corrected chi connectivity index (χ3v) is 3.62. The fourth-order valence-electron chi connectivity index (χ4n) is 2.33. The molecule has 0 radical (unpaired) electrons. The lowest BCUT2D eigenvalue weighted by molar-refractivity contribution is -0.130. The highest BCUT2D eigenvalue weighted by Crippen LogP contribution is 2.10. The largest absolute Gasteiger partial charge is 0.357 e. The number of guanidine groups is 1. The molecule has 1 fully saturated rings. The van der Waals surface area contributed by atoms with Gasteiger partial charge in [0, 0.05) is 52.6 Å². The van der Waals surface area contributed by atoms with Gasteiger partial charge in [-0.05, 0) is 13.3 Å². The third kappa shape index (κ3) is 7.85. The first-order valence-corrected chi connectivity index (χ1v) is 8.00. The van der Waals surface area contributed by atoms with Gasteiger partial charge in [0.25, 0.3) is 0 Å². The van der Waals surface area contributed by atoms with Gasteiger partial charge in [0.05, 0.1) is 6.54 Å². The van der Waals surface area contributed by atoms with Gasteiger partial charge in [-0.2, -0.15) is 0 Å². The minimum absolute atomic E-state index is 0. The molecular weight excluding hydrogens is 409 g/mol. The van der Waals surface area contributed by atoms with Gasteiger partial charge in [-0.1, -0.05) is 6.92 Å². The summed E-state index contributed by atoms with van der Waals surface area (Å²) < 4.78 is 0. The molecule has 1 atom stereocenters. The molecule has 0 aromatic rings. The van der Waals surface area contributed by atoms with Gasteiger partial charge in [-0.15, -0.1) is 24.0 Å². The normalized spacial score (nSPS) is 17.5. The molecule has 0 bridgehead atoms. The number of carbonyl (C=O) groups excluding carboxylic acids is 2. The van der Waals surface area contributed by atoms with Crippen molar-refractivity contribution in [3.8, 4) is 0 Å². The number of halogens is 1. The molecule has 1 aliphatic rings. The lowest BCUT2D eigenvalue weighted by Crippen LogP contribution is -2.45. The number of rotatable bonds is 6. The van der Waals surface area contributed by atoms with Crippen LogP contribution in [0.5, 0.6) is 0 Å². The molecule has 23 heavy (non-hydrogen) atoms. The average molecular weight is 439 g/mol. The van der Waals surface area contributed by atoms with E-state index in [2.05, 4.69) is 15.6 Å². The smallest absolute Gasteiger partial charge is 0.223 e. The van der Waals surface area contributed by atoms with E-state index in [9.17, 15) is 9.59 Å². The highest BCUT2D eigenvalue weighted by molar-refractivity contribution is 14.0. The summed E-state index contributed by atoms with van der Waals surface area (Å²) in [7, 11) is 3.49. The summed E-state index contributed by atoms with van der Waals surface area (Å²) in [6, 6.07) is 0.220. The molecule has 1 unspecified atom stereocenters. The van der Waals surface area contributed by atoms with Crippen LogP contribution in [0.3, 0.4) is 0 Å². The Morgan fingerprint density at radius 2 is 2.00 bits per heavy atom. The molecule has 2 N–H and O–H groups in total. The van der Waals surface area contributed by atoms with E-state index < -0.39 is 0 Å². The summed E-state index contributed by atoms with van der Waals surface area (Å²) in [6.07, 6.45) is 1.87. The van der Waals surface area contributed by atoms with E-state index in [1.165, 1.54) is 0 Å². The number of nitrogens with one attached hydrogen (secondary N) is 2. The summed E-state index contributed by atoms with van der Waals surface area (Å²) in [5.74, 6) is 0.979. The lowest BCUT2D eigenvalue weighted by Gasteiger charge is -2.18. The van der Waals surface area contributed by atoms with Crippen molar-refractivity contribution in [1.29, 1.82) is 0 Å².